The molecule has 0 spiro atoms. The van der Waals surface area contributed by atoms with Crippen molar-refractivity contribution in [2.75, 3.05) is 39.3 Å². The van der Waals surface area contributed by atoms with Crippen LogP contribution in [0.1, 0.15) is 20.8 Å². The predicted octanol–water partition coefficient (Wildman–Crippen LogP) is 2.42. The first-order valence-corrected chi connectivity index (χ1v) is 10.8. The topological polar surface area (TPSA) is 88.2 Å². The van der Waals surface area contributed by atoms with Crippen molar-refractivity contribution < 1.29 is 35.9 Å². The molecule has 1 N–H and O–H groups in total. The SMILES string of the molecule is CC(C)(C)OC(=O)N1CCN(CCNS(=O)(=O)c2ccc(OC(F)(F)F)cc2)CC1. The summed E-state index contributed by atoms with van der Waals surface area (Å²) in [4.78, 5) is 15.5. The summed E-state index contributed by atoms with van der Waals surface area (Å²) in [6.07, 6.45) is -5.22. The third-order valence-corrected chi connectivity index (χ3v) is 5.59. The average molecular weight is 453 g/mol. The van der Waals surface area contributed by atoms with Crippen LogP contribution in [-0.2, 0) is 14.8 Å². The van der Waals surface area contributed by atoms with E-state index in [-0.39, 0.29) is 17.5 Å². The van der Waals surface area contributed by atoms with Gasteiger partial charge in [0.15, 0.2) is 0 Å². The van der Waals surface area contributed by atoms with Crippen LogP contribution in [0.25, 0.3) is 0 Å². The molecule has 1 aliphatic heterocycles. The van der Waals surface area contributed by atoms with Crippen molar-refractivity contribution >= 4 is 16.1 Å². The number of nitrogens with one attached hydrogen (secondary N) is 1. The van der Waals surface area contributed by atoms with E-state index in [0.29, 0.717) is 32.7 Å². The minimum absolute atomic E-state index is 0.121. The van der Waals surface area contributed by atoms with E-state index in [1.54, 1.807) is 25.7 Å². The van der Waals surface area contributed by atoms with Gasteiger partial charge in [-0.25, -0.2) is 17.9 Å². The van der Waals surface area contributed by atoms with E-state index < -0.39 is 27.7 Å². The van der Waals surface area contributed by atoms with E-state index >= 15 is 0 Å². The molecule has 170 valence electrons. The number of hydrogen-bond acceptors (Lipinski definition) is 6. The van der Waals surface area contributed by atoms with Gasteiger partial charge in [0.1, 0.15) is 11.4 Å². The van der Waals surface area contributed by atoms with Gasteiger partial charge in [-0.15, -0.1) is 13.2 Å². The number of halogens is 3. The smallest absolute Gasteiger partial charge is 0.444 e. The predicted molar refractivity (Wildman–Crippen MR) is 103 cm³/mol. The molecule has 1 heterocycles. The Hall–Kier alpha value is -2.05. The van der Waals surface area contributed by atoms with E-state index in [1.165, 1.54) is 0 Å². The first-order valence-electron chi connectivity index (χ1n) is 9.31. The van der Waals surface area contributed by atoms with Crippen LogP contribution < -0.4 is 9.46 Å². The lowest BCUT2D eigenvalue weighted by molar-refractivity contribution is -0.274. The summed E-state index contributed by atoms with van der Waals surface area (Å²) in [6, 6.07) is 3.97. The van der Waals surface area contributed by atoms with Gasteiger partial charge in [-0.1, -0.05) is 0 Å². The van der Waals surface area contributed by atoms with Crippen LogP contribution in [0.15, 0.2) is 29.2 Å². The number of amides is 1. The fourth-order valence-corrected chi connectivity index (χ4v) is 3.74. The van der Waals surface area contributed by atoms with Gasteiger partial charge in [0.05, 0.1) is 4.90 Å². The Labute approximate surface area is 174 Å². The van der Waals surface area contributed by atoms with Gasteiger partial charge in [-0.2, -0.15) is 0 Å². The number of carbonyl (C=O) groups is 1. The zero-order chi connectivity index (χ0) is 22.6. The maximum Gasteiger partial charge on any atom is 0.573 e. The standard InChI is InChI=1S/C18H26F3N3O5S/c1-17(2,3)29-16(25)24-12-10-23(11-13-24)9-8-22-30(26,27)15-6-4-14(5-7-15)28-18(19,20)21/h4-7,22H,8-13H2,1-3H3. The van der Waals surface area contributed by atoms with E-state index in [2.05, 4.69) is 9.46 Å². The second kappa shape index (κ2) is 9.40. The number of piperazine rings is 1. The summed E-state index contributed by atoms with van der Waals surface area (Å²) in [5, 5.41) is 0. The number of ether oxygens (including phenoxy) is 2. The Morgan fingerprint density at radius 3 is 2.13 bits per heavy atom. The molecule has 1 aromatic rings. The monoisotopic (exact) mass is 453 g/mol. The maximum absolute atomic E-state index is 12.3. The van der Waals surface area contributed by atoms with Crippen molar-refractivity contribution in [1.82, 2.24) is 14.5 Å². The highest BCUT2D eigenvalue weighted by atomic mass is 32.2. The summed E-state index contributed by atoms with van der Waals surface area (Å²) in [6.45, 7) is 8.03. The second-order valence-electron chi connectivity index (χ2n) is 7.73. The van der Waals surface area contributed by atoms with Crippen molar-refractivity contribution in [3.63, 3.8) is 0 Å². The summed E-state index contributed by atoms with van der Waals surface area (Å²) < 4.78 is 72.6. The van der Waals surface area contributed by atoms with Crippen molar-refractivity contribution in [2.45, 2.75) is 37.6 Å². The van der Waals surface area contributed by atoms with Gasteiger partial charge in [-0.3, -0.25) is 4.90 Å². The van der Waals surface area contributed by atoms with Crippen LogP contribution in [0.5, 0.6) is 5.75 Å². The molecule has 1 fully saturated rings. The molecule has 0 bridgehead atoms. The summed E-state index contributed by atoms with van der Waals surface area (Å²) in [5.41, 5.74) is -0.566. The van der Waals surface area contributed by atoms with Gasteiger partial charge in [0.25, 0.3) is 0 Å². The van der Waals surface area contributed by atoms with Gasteiger partial charge in [0.2, 0.25) is 10.0 Å². The van der Waals surface area contributed by atoms with E-state index in [1.807, 2.05) is 4.90 Å². The molecule has 30 heavy (non-hydrogen) atoms. The molecule has 1 aliphatic rings. The number of alkyl halides is 3. The number of hydrogen-bond donors (Lipinski definition) is 1. The minimum atomic E-state index is -4.84. The lowest BCUT2D eigenvalue weighted by Gasteiger charge is -2.35. The summed E-state index contributed by atoms with van der Waals surface area (Å²) in [5.74, 6) is -0.496. The van der Waals surface area contributed by atoms with Gasteiger partial charge in [0, 0.05) is 39.3 Å². The zero-order valence-electron chi connectivity index (χ0n) is 17.0. The third-order valence-electron chi connectivity index (χ3n) is 4.11. The van der Waals surface area contributed by atoms with Crippen molar-refractivity contribution in [3.8, 4) is 5.75 Å². The first kappa shape index (κ1) is 24.2. The number of sulfonamides is 1. The fraction of sp³-hybridized carbons (Fsp3) is 0.611. The van der Waals surface area contributed by atoms with Crippen LogP contribution >= 0.6 is 0 Å². The second-order valence-corrected chi connectivity index (χ2v) is 9.49. The molecule has 1 saturated heterocycles. The summed E-state index contributed by atoms with van der Waals surface area (Å²) >= 11 is 0. The van der Waals surface area contributed by atoms with Gasteiger partial charge in [-0.05, 0) is 45.0 Å². The fourth-order valence-electron chi connectivity index (χ4n) is 2.72. The highest BCUT2D eigenvalue weighted by Gasteiger charge is 2.31. The Balaban J connectivity index is 1.78. The van der Waals surface area contributed by atoms with Crippen molar-refractivity contribution in [2.24, 2.45) is 0 Å². The lowest BCUT2D eigenvalue weighted by atomic mass is 10.2. The highest BCUT2D eigenvalue weighted by molar-refractivity contribution is 7.89. The molecule has 0 unspecified atom stereocenters. The van der Waals surface area contributed by atoms with Crippen molar-refractivity contribution in [3.05, 3.63) is 24.3 Å². The quantitative estimate of drug-likeness (QED) is 0.712. The lowest BCUT2D eigenvalue weighted by Crippen LogP contribution is -2.51. The molecular weight excluding hydrogens is 427 g/mol. The maximum atomic E-state index is 12.3. The third kappa shape index (κ3) is 8.00. The highest BCUT2D eigenvalue weighted by Crippen LogP contribution is 2.23. The Bertz CT molecular complexity index is 815. The molecule has 0 saturated carbocycles. The molecule has 8 nitrogen and oxygen atoms in total. The van der Waals surface area contributed by atoms with Crippen molar-refractivity contribution in [1.29, 1.82) is 0 Å². The molecular formula is C18H26F3N3O5S. The van der Waals surface area contributed by atoms with Crippen LogP contribution in [0.4, 0.5) is 18.0 Å². The van der Waals surface area contributed by atoms with E-state index in [0.717, 1.165) is 24.3 Å². The molecule has 12 heteroatoms. The molecule has 2 rings (SSSR count). The number of benzene rings is 1. The molecule has 0 aromatic heterocycles. The molecule has 0 atom stereocenters. The minimum Gasteiger partial charge on any atom is -0.444 e. The Morgan fingerprint density at radius 2 is 1.63 bits per heavy atom. The molecule has 1 aromatic carbocycles. The van der Waals surface area contributed by atoms with Crippen LogP contribution in [0.3, 0.4) is 0 Å². The molecule has 0 aliphatic carbocycles. The summed E-state index contributed by atoms with van der Waals surface area (Å²) in [7, 11) is -3.86. The largest absolute Gasteiger partial charge is 0.573 e. The first-order chi connectivity index (χ1) is 13.8. The number of nitrogens with zero attached hydrogens (tertiary/aromatic N) is 2. The normalized spacial score (nSPS) is 16.4. The zero-order valence-corrected chi connectivity index (χ0v) is 17.8. The van der Waals surface area contributed by atoms with E-state index in [9.17, 15) is 26.4 Å². The van der Waals surface area contributed by atoms with Gasteiger partial charge >= 0.3 is 12.5 Å². The van der Waals surface area contributed by atoms with Gasteiger partial charge < -0.3 is 14.4 Å². The van der Waals surface area contributed by atoms with Crippen LogP contribution in [-0.4, -0.2) is 75.5 Å². The van der Waals surface area contributed by atoms with Crippen LogP contribution in [0, 0.1) is 0 Å². The van der Waals surface area contributed by atoms with Crippen LogP contribution in [0.2, 0.25) is 0 Å². The molecule has 1 amide bonds. The molecule has 0 radical (unpaired) electrons. The number of carbonyl (C=O) groups excluding carboxylic acids is 1. The number of rotatable bonds is 6. The van der Waals surface area contributed by atoms with E-state index in [4.69, 9.17) is 4.74 Å². The average Bonchev–Trinajstić information content (AvgIpc) is 2.60. The Kier molecular flexibility index (Phi) is 7.59. The Morgan fingerprint density at radius 1 is 1.07 bits per heavy atom.